The van der Waals surface area contributed by atoms with Crippen LogP contribution in [0.2, 0.25) is 0 Å². The minimum atomic E-state index is -1.04. The molecule has 1 fully saturated rings. The van der Waals surface area contributed by atoms with Crippen molar-refractivity contribution >= 4 is 5.97 Å². The Kier molecular flexibility index (Phi) is 7.98. The van der Waals surface area contributed by atoms with Crippen LogP contribution in [0.4, 0.5) is 0 Å². The SMILES string of the molecule is CCN(CC)CCOC(=O)C[C@](C)(O)[C@H]1CCO[C@](C)(CC)C1. The maximum absolute atomic E-state index is 12.1. The van der Waals surface area contributed by atoms with E-state index in [1.165, 1.54) is 0 Å². The molecule has 1 aliphatic heterocycles. The van der Waals surface area contributed by atoms with Gasteiger partial charge in [0.15, 0.2) is 0 Å². The molecule has 136 valence electrons. The van der Waals surface area contributed by atoms with Crippen molar-refractivity contribution in [3.05, 3.63) is 0 Å². The number of nitrogens with zero attached hydrogens (tertiary/aromatic N) is 1. The molecule has 1 heterocycles. The Balaban J connectivity index is 2.45. The Labute approximate surface area is 141 Å². The molecule has 1 saturated heterocycles. The van der Waals surface area contributed by atoms with Crippen molar-refractivity contribution in [3.63, 3.8) is 0 Å². The number of carbonyl (C=O) groups is 1. The predicted molar refractivity (Wildman–Crippen MR) is 91.4 cm³/mol. The maximum atomic E-state index is 12.1. The van der Waals surface area contributed by atoms with Gasteiger partial charge in [-0.2, -0.15) is 0 Å². The number of rotatable bonds is 9. The summed E-state index contributed by atoms with van der Waals surface area (Å²) in [6.07, 6.45) is 2.53. The lowest BCUT2D eigenvalue weighted by molar-refractivity contribution is -0.160. The molecule has 5 nitrogen and oxygen atoms in total. The number of hydrogen-bond acceptors (Lipinski definition) is 5. The first-order valence-corrected chi connectivity index (χ1v) is 9.00. The molecule has 0 aromatic carbocycles. The van der Waals surface area contributed by atoms with Crippen molar-refractivity contribution in [1.82, 2.24) is 4.90 Å². The summed E-state index contributed by atoms with van der Waals surface area (Å²) in [6.45, 7) is 13.8. The fourth-order valence-electron chi connectivity index (χ4n) is 3.22. The van der Waals surface area contributed by atoms with Crippen LogP contribution in [0.3, 0.4) is 0 Å². The smallest absolute Gasteiger partial charge is 0.308 e. The van der Waals surface area contributed by atoms with Crippen LogP contribution in [0.15, 0.2) is 0 Å². The van der Waals surface area contributed by atoms with E-state index in [2.05, 4.69) is 32.6 Å². The van der Waals surface area contributed by atoms with Gasteiger partial charge in [0.25, 0.3) is 0 Å². The fourth-order valence-corrected chi connectivity index (χ4v) is 3.22. The van der Waals surface area contributed by atoms with E-state index < -0.39 is 5.60 Å². The highest BCUT2D eigenvalue weighted by Crippen LogP contribution is 2.38. The van der Waals surface area contributed by atoms with Crippen LogP contribution in [-0.2, 0) is 14.3 Å². The highest BCUT2D eigenvalue weighted by atomic mass is 16.5. The molecular weight excluding hydrogens is 294 g/mol. The molecule has 0 unspecified atom stereocenters. The topological polar surface area (TPSA) is 59.0 Å². The van der Waals surface area contributed by atoms with E-state index in [4.69, 9.17) is 9.47 Å². The van der Waals surface area contributed by atoms with Crippen LogP contribution in [0.5, 0.6) is 0 Å². The minimum absolute atomic E-state index is 0.0513. The zero-order valence-corrected chi connectivity index (χ0v) is 15.6. The number of carbonyl (C=O) groups excluding carboxylic acids is 1. The van der Waals surface area contributed by atoms with Crippen molar-refractivity contribution in [3.8, 4) is 0 Å². The first-order chi connectivity index (χ1) is 10.8. The van der Waals surface area contributed by atoms with E-state index >= 15 is 0 Å². The van der Waals surface area contributed by atoms with Gasteiger partial charge in [-0.1, -0.05) is 20.8 Å². The summed E-state index contributed by atoms with van der Waals surface area (Å²) in [6, 6.07) is 0. The van der Waals surface area contributed by atoms with E-state index in [9.17, 15) is 9.90 Å². The monoisotopic (exact) mass is 329 g/mol. The Morgan fingerprint density at radius 3 is 2.61 bits per heavy atom. The average Bonchev–Trinajstić information content (AvgIpc) is 2.51. The van der Waals surface area contributed by atoms with Crippen LogP contribution in [0.25, 0.3) is 0 Å². The molecule has 0 radical (unpaired) electrons. The molecular formula is C18H35NO4. The standard InChI is InChI=1S/C18H35NO4/c1-6-17(4)13-15(9-11-23-17)18(5,21)14-16(20)22-12-10-19(7-2)8-3/h15,21H,6-14H2,1-5H3/t15-,17+,18-/m0/s1. The second-order valence-corrected chi connectivity index (χ2v) is 7.12. The molecule has 23 heavy (non-hydrogen) atoms. The second kappa shape index (κ2) is 9.00. The zero-order chi connectivity index (χ0) is 17.5. The van der Waals surface area contributed by atoms with Gasteiger partial charge in [0.1, 0.15) is 6.61 Å². The molecule has 0 aromatic rings. The molecule has 1 N–H and O–H groups in total. The Bertz CT molecular complexity index is 368. The van der Waals surface area contributed by atoms with Gasteiger partial charge in [0.05, 0.1) is 17.6 Å². The molecule has 0 aliphatic carbocycles. The molecule has 0 spiro atoms. The normalized spacial score (nSPS) is 27.7. The van der Waals surface area contributed by atoms with Crippen LogP contribution >= 0.6 is 0 Å². The van der Waals surface area contributed by atoms with Crippen molar-refractivity contribution in [2.24, 2.45) is 5.92 Å². The summed E-state index contributed by atoms with van der Waals surface area (Å²) in [5.74, 6) is -0.247. The fraction of sp³-hybridized carbons (Fsp3) is 0.944. The Hall–Kier alpha value is -0.650. The summed E-state index contributed by atoms with van der Waals surface area (Å²) in [4.78, 5) is 14.3. The lowest BCUT2D eigenvalue weighted by atomic mass is 9.75. The van der Waals surface area contributed by atoms with E-state index in [0.29, 0.717) is 13.2 Å². The van der Waals surface area contributed by atoms with Crippen LogP contribution in [0.1, 0.15) is 60.3 Å². The van der Waals surface area contributed by atoms with Gasteiger partial charge in [0, 0.05) is 13.2 Å². The van der Waals surface area contributed by atoms with Gasteiger partial charge in [-0.25, -0.2) is 0 Å². The van der Waals surface area contributed by atoms with Gasteiger partial charge < -0.3 is 19.5 Å². The van der Waals surface area contributed by atoms with Crippen LogP contribution < -0.4 is 0 Å². The third-order valence-electron chi connectivity index (χ3n) is 5.29. The molecule has 3 atom stereocenters. The maximum Gasteiger partial charge on any atom is 0.308 e. The van der Waals surface area contributed by atoms with Gasteiger partial charge in [-0.15, -0.1) is 0 Å². The number of aliphatic hydroxyl groups is 1. The van der Waals surface area contributed by atoms with E-state index in [0.717, 1.165) is 38.9 Å². The lowest BCUT2D eigenvalue weighted by Gasteiger charge is -2.43. The van der Waals surface area contributed by atoms with Gasteiger partial charge in [-0.05, 0) is 52.1 Å². The van der Waals surface area contributed by atoms with Crippen LogP contribution in [-0.4, -0.2) is 60.0 Å². The summed E-state index contributed by atoms with van der Waals surface area (Å²) < 4.78 is 11.1. The Morgan fingerprint density at radius 2 is 2.04 bits per heavy atom. The number of likely N-dealkylation sites (N-methyl/N-ethyl adjacent to an activating group) is 1. The van der Waals surface area contributed by atoms with Crippen LogP contribution in [0, 0.1) is 5.92 Å². The summed E-state index contributed by atoms with van der Waals surface area (Å²) in [5, 5.41) is 10.8. The van der Waals surface area contributed by atoms with Gasteiger partial charge in [-0.3, -0.25) is 4.79 Å². The molecule has 0 aromatic heterocycles. The molecule has 1 aliphatic rings. The molecule has 0 bridgehead atoms. The molecule has 0 saturated carbocycles. The average molecular weight is 329 g/mol. The van der Waals surface area contributed by atoms with E-state index in [-0.39, 0.29) is 23.9 Å². The van der Waals surface area contributed by atoms with Crippen molar-refractivity contribution in [2.45, 2.75) is 71.5 Å². The highest BCUT2D eigenvalue weighted by molar-refractivity contribution is 5.70. The minimum Gasteiger partial charge on any atom is -0.464 e. The largest absolute Gasteiger partial charge is 0.464 e. The quantitative estimate of drug-likeness (QED) is 0.659. The van der Waals surface area contributed by atoms with E-state index in [1.54, 1.807) is 6.92 Å². The highest BCUT2D eigenvalue weighted by Gasteiger charge is 2.42. The number of hydrogen-bond donors (Lipinski definition) is 1. The van der Waals surface area contributed by atoms with Crippen molar-refractivity contribution in [1.29, 1.82) is 0 Å². The summed E-state index contributed by atoms with van der Waals surface area (Å²) in [5.41, 5.74) is -1.23. The molecule has 0 amide bonds. The van der Waals surface area contributed by atoms with Crippen molar-refractivity contribution in [2.75, 3.05) is 32.8 Å². The number of esters is 1. The molecule has 1 rings (SSSR count). The van der Waals surface area contributed by atoms with E-state index in [1.807, 2.05) is 0 Å². The first kappa shape index (κ1) is 20.4. The third kappa shape index (κ3) is 6.40. The Morgan fingerprint density at radius 1 is 1.39 bits per heavy atom. The second-order valence-electron chi connectivity index (χ2n) is 7.12. The zero-order valence-electron chi connectivity index (χ0n) is 15.6. The molecule has 5 heteroatoms. The summed E-state index contributed by atoms with van der Waals surface area (Å²) in [7, 11) is 0. The predicted octanol–water partition coefficient (Wildman–Crippen LogP) is 2.61. The van der Waals surface area contributed by atoms with Crippen molar-refractivity contribution < 1.29 is 19.4 Å². The third-order valence-corrected chi connectivity index (χ3v) is 5.29. The lowest BCUT2D eigenvalue weighted by Crippen LogP contribution is -2.46. The van der Waals surface area contributed by atoms with Gasteiger partial charge in [0.2, 0.25) is 0 Å². The van der Waals surface area contributed by atoms with Gasteiger partial charge >= 0.3 is 5.97 Å². The summed E-state index contributed by atoms with van der Waals surface area (Å²) >= 11 is 0. The first-order valence-electron chi connectivity index (χ1n) is 9.00. The number of ether oxygens (including phenoxy) is 2.